The van der Waals surface area contributed by atoms with Crippen LogP contribution in [0.5, 0.6) is 5.75 Å². The van der Waals surface area contributed by atoms with Crippen molar-refractivity contribution in [3.8, 4) is 5.75 Å². The van der Waals surface area contributed by atoms with Crippen LogP contribution in [-0.2, 0) is 9.47 Å². The van der Waals surface area contributed by atoms with Crippen LogP contribution in [-0.4, -0.2) is 71.3 Å². The molecule has 0 unspecified atom stereocenters. The lowest BCUT2D eigenvalue weighted by molar-refractivity contribution is 0.0247. The topological polar surface area (TPSA) is 75.9 Å². The first-order valence-corrected chi connectivity index (χ1v) is 9.52. The summed E-state index contributed by atoms with van der Waals surface area (Å²) in [6, 6.07) is 15.7. The highest BCUT2D eigenvalue weighted by atomic mass is 16.5. The van der Waals surface area contributed by atoms with Crippen molar-refractivity contribution in [1.29, 1.82) is 0 Å². The molecule has 0 fully saturated rings. The second-order valence-electron chi connectivity index (χ2n) is 6.34. The number of hydrogen-bond donors (Lipinski definition) is 1. The number of aliphatic hydroxyl groups is 1. The maximum atomic E-state index is 8.58. The molecular formula is C22H29N3O4. The second kappa shape index (κ2) is 13.4. The SMILES string of the molecule is CN(C)c1ccc(/C=N/N=C/c2ccc(OCCOCCOCCO)cc2)cc1. The quantitative estimate of drug-likeness (QED) is 0.318. The molecule has 0 saturated heterocycles. The summed E-state index contributed by atoms with van der Waals surface area (Å²) >= 11 is 0. The minimum Gasteiger partial charge on any atom is -0.491 e. The number of rotatable bonds is 13. The normalized spacial score (nSPS) is 11.4. The van der Waals surface area contributed by atoms with E-state index in [1.54, 1.807) is 12.4 Å². The molecule has 156 valence electrons. The Hall–Kier alpha value is -2.74. The van der Waals surface area contributed by atoms with Crippen molar-refractivity contribution in [3.63, 3.8) is 0 Å². The van der Waals surface area contributed by atoms with Gasteiger partial charge >= 0.3 is 0 Å². The lowest BCUT2D eigenvalue weighted by atomic mass is 10.2. The number of benzene rings is 2. The molecule has 2 aromatic rings. The summed E-state index contributed by atoms with van der Waals surface area (Å²) in [5.41, 5.74) is 3.08. The van der Waals surface area contributed by atoms with Crippen LogP contribution in [0, 0.1) is 0 Å². The monoisotopic (exact) mass is 399 g/mol. The van der Waals surface area contributed by atoms with Crippen LogP contribution in [0.3, 0.4) is 0 Å². The van der Waals surface area contributed by atoms with Crippen molar-refractivity contribution in [2.24, 2.45) is 10.2 Å². The minimum atomic E-state index is 0.0288. The van der Waals surface area contributed by atoms with E-state index < -0.39 is 0 Å². The van der Waals surface area contributed by atoms with Crippen LogP contribution < -0.4 is 9.64 Å². The van der Waals surface area contributed by atoms with Crippen LogP contribution in [0.1, 0.15) is 11.1 Å². The van der Waals surface area contributed by atoms with E-state index in [9.17, 15) is 0 Å². The van der Waals surface area contributed by atoms with Gasteiger partial charge < -0.3 is 24.2 Å². The molecule has 7 heteroatoms. The summed E-state index contributed by atoms with van der Waals surface area (Å²) in [7, 11) is 4.02. The predicted octanol–water partition coefficient (Wildman–Crippen LogP) is 2.61. The first-order chi connectivity index (χ1) is 14.2. The Bertz CT molecular complexity index is 744. The van der Waals surface area contributed by atoms with Crippen molar-refractivity contribution >= 4 is 18.1 Å². The standard InChI is InChI=1S/C22H29N3O4/c1-25(2)21-7-3-19(4-8-21)17-23-24-18-20-5-9-22(10-6-20)29-16-15-28-14-13-27-12-11-26/h3-10,17-18,26H,11-16H2,1-2H3/b23-17+,24-18+. The molecule has 0 aliphatic heterocycles. The van der Waals surface area contributed by atoms with Crippen LogP contribution in [0.4, 0.5) is 5.69 Å². The summed E-state index contributed by atoms with van der Waals surface area (Å²) in [4.78, 5) is 2.05. The summed E-state index contributed by atoms with van der Waals surface area (Å²) in [6.07, 6.45) is 3.42. The molecule has 2 rings (SSSR count). The summed E-state index contributed by atoms with van der Waals surface area (Å²) < 4.78 is 16.1. The van der Waals surface area contributed by atoms with Crippen LogP contribution in [0.2, 0.25) is 0 Å². The first-order valence-electron chi connectivity index (χ1n) is 9.52. The maximum Gasteiger partial charge on any atom is 0.119 e. The number of ether oxygens (including phenoxy) is 3. The number of aliphatic hydroxyl groups excluding tert-OH is 1. The third kappa shape index (κ3) is 9.34. The van der Waals surface area contributed by atoms with E-state index in [0.29, 0.717) is 33.0 Å². The lowest BCUT2D eigenvalue weighted by Gasteiger charge is -2.11. The molecule has 0 amide bonds. The van der Waals surface area contributed by atoms with Gasteiger partial charge in [0.05, 0.1) is 45.5 Å². The molecular weight excluding hydrogens is 370 g/mol. The Labute approximate surface area is 172 Å². The summed E-state index contributed by atoms with van der Waals surface area (Å²) in [6.45, 7) is 2.27. The Morgan fingerprint density at radius 3 is 1.83 bits per heavy atom. The Kier molecular flexibility index (Phi) is 10.4. The van der Waals surface area contributed by atoms with Crippen LogP contribution in [0.15, 0.2) is 58.7 Å². The maximum absolute atomic E-state index is 8.58. The molecule has 0 atom stereocenters. The molecule has 0 aliphatic rings. The molecule has 29 heavy (non-hydrogen) atoms. The smallest absolute Gasteiger partial charge is 0.119 e. The van der Waals surface area contributed by atoms with Gasteiger partial charge in [-0.2, -0.15) is 10.2 Å². The van der Waals surface area contributed by atoms with Gasteiger partial charge in [0.15, 0.2) is 0 Å². The van der Waals surface area contributed by atoms with Crippen molar-refractivity contribution in [2.45, 2.75) is 0 Å². The van der Waals surface area contributed by atoms with Gasteiger partial charge in [0, 0.05) is 19.8 Å². The van der Waals surface area contributed by atoms with Gasteiger partial charge in [0.2, 0.25) is 0 Å². The first kappa shape index (κ1) is 22.5. The van der Waals surface area contributed by atoms with Gasteiger partial charge in [-0.05, 0) is 47.5 Å². The fourth-order valence-electron chi connectivity index (χ4n) is 2.31. The van der Waals surface area contributed by atoms with Gasteiger partial charge in [-0.25, -0.2) is 0 Å². The van der Waals surface area contributed by atoms with E-state index >= 15 is 0 Å². The summed E-state index contributed by atoms with van der Waals surface area (Å²) in [5.74, 6) is 0.770. The van der Waals surface area contributed by atoms with Crippen LogP contribution in [0.25, 0.3) is 0 Å². The van der Waals surface area contributed by atoms with Gasteiger partial charge in [0.1, 0.15) is 12.4 Å². The van der Waals surface area contributed by atoms with E-state index in [-0.39, 0.29) is 6.61 Å². The molecule has 0 aromatic heterocycles. The zero-order chi connectivity index (χ0) is 20.7. The fourth-order valence-corrected chi connectivity index (χ4v) is 2.31. The highest BCUT2D eigenvalue weighted by molar-refractivity contribution is 5.83. The molecule has 0 saturated carbocycles. The van der Waals surface area contributed by atoms with E-state index in [0.717, 1.165) is 22.6 Å². The molecule has 0 radical (unpaired) electrons. The number of nitrogens with zero attached hydrogens (tertiary/aromatic N) is 3. The third-order valence-corrected chi connectivity index (χ3v) is 3.87. The van der Waals surface area contributed by atoms with E-state index in [1.807, 2.05) is 62.6 Å². The van der Waals surface area contributed by atoms with Gasteiger partial charge in [-0.1, -0.05) is 12.1 Å². The molecule has 0 aliphatic carbocycles. The number of hydrogen-bond acceptors (Lipinski definition) is 7. The Morgan fingerprint density at radius 2 is 1.28 bits per heavy atom. The van der Waals surface area contributed by atoms with Gasteiger partial charge in [-0.3, -0.25) is 0 Å². The van der Waals surface area contributed by atoms with Crippen LogP contribution >= 0.6 is 0 Å². The van der Waals surface area contributed by atoms with E-state index in [2.05, 4.69) is 15.1 Å². The fraction of sp³-hybridized carbons (Fsp3) is 0.364. The average molecular weight is 399 g/mol. The molecule has 0 bridgehead atoms. The minimum absolute atomic E-state index is 0.0288. The average Bonchev–Trinajstić information content (AvgIpc) is 2.74. The highest BCUT2D eigenvalue weighted by Crippen LogP contribution is 2.12. The second-order valence-corrected chi connectivity index (χ2v) is 6.34. The third-order valence-electron chi connectivity index (χ3n) is 3.87. The zero-order valence-corrected chi connectivity index (χ0v) is 17.0. The summed E-state index contributed by atoms with van der Waals surface area (Å²) in [5, 5.41) is 16.8. The Morgan fingerprint density at radius 1 is 0.759 bits per heavy atom. The lowest BCUT2D eigenvalue weighted by Crippen LogP contribution is -2.11. The van der Waals surface area contributed by atoms with Crippen molar-refractivity contribution in [3.05, 3.63) is 59.7 Å². The van der Waals surface area contributed by atoms with Crippen molar-refractivity contribution in [2.75, 3.05) is 58.6 Å². The molecule has 2 aromatic carbocycles. The number of anilines is 1. The van der Waals surface area contributed by atoms with Crippen molar-refractivity contribution < 1.29 is 19.3 Å². The van der Waals surface area contributed by atoms with E-state index in [4.69, 9.17) is 19.3 Å². The van der Waals surface area contributed by atoms with Gasteiger partial charge in [-0.15, -0.1) is 0 Å². The largest absolute Gasteiger partial charge is 0.491 e. The highest BCUT2D eigenvalue weighted by Gasteiger charge is 1.96. The molecule has 0 spiro atoms. The van der Waals surface area contributed by atoms with Crippen molar-refractivity contribution in [1.82, 2.24) is 0 Å². The molecule has 0 heterocycles. The predicted molar refractivity (Wildman–Crippen MR) is 117 cm³/mol. The zero-order valence-electron chi connectivity index (χ0n) is 17.0. The molecule has 1 N–H and O–H groups in total. The molecule has 7 nitrogen and oxygen atoms in total. The van der Waals surface area contributed by atoms with E-state index in [1.165, 1.54) is 0 Å². The van der Waals surface area contributed by atoms with Gasteiger partial charge in [0.25, 0.3) is 0 Å². The Balaban J connectivity index is 1.67.